The minimum atomic E-state index is -1.91. The van der Waals surface area contributed by atoms with Crippen molar-refractivity contribution in [2.75, 3.05) is 27.7 Å². The summed E-state index contributed by atoms with van der Waals surface area (Å²) < 4.78 is 0.293. The molecule has 0 aliphatic heterocycles. The van der Waals surface area contributed by atoms with Gasteiger partial charge in [0.25, 0.3) is 0 Å². The van der Waals surface area contributed by atoms with E-state index < -0.39 is 23.8 Å². The van der Waals surface area contributed by atoms with E-state index in [1.807, 2.05) is 0 Å². The zero-order chi connectivity index (χ0) is 19.3. The van der Waals surface area contributed by atoms with Crippen molar-refractivity contribution in [2.24, 2.45) is 0 Å². The lowest BCUT2D eigenvalue weighted by Gasteiger charge is -2.34. The van der Waals surface area contributed by atoms with Crippen molar-refractivity contribution in [1.29, 1.82) is 0 Å². The maximum Gasteiger partial charge on any atom is 0.193 e. The molecule has 0 radical (unpaired) electrons. The molecule has 0 saturated carbocycles. The molecule has 1 N–H and O–H groups in total. The molecule has 0 aromatic carbocycles. The summed E-state index contributed by atoms with van der Waals surface area (Å²) in [5, 5.41) is 21.4. The lowest BCUT2D eigenvalue weighted by molar-refractivity contribution is -0.875. The van der Waals surface area contributed by atoms with E-state index in [4.69, 9.17) is 0 Å². The smallest absolute Gasteiger partial charge is 0.193 e. The zero-order valence-electron chi connectivity index (χ0n) is 16.6. The van der Waals surface area contributed by atoms with E-state index in [9.17, 15) is 19.8 Å². The van der Waals surface area contributed by atoms with E-state index >= 15 is 0 Å². The van der Waals surface area contributed by atoms with Crippen LogP contribution in [0.3, 0.4) is 0 Å². The van der Waals surface area contributed by atoms with Crippen molar-refractivity contribution in [1.82, 2.24) is 0 Å². The third-order valence-electron chi connectivity index (χ3n) is 4.12. The molecule has 0 heterocycles. The molecule has 0 bridgehead atoms. The average molecular weight is 356 g/mol. The standard InChI is InChI=1S/C20H37NO4/c1-5-6-7-8-9-10-11-12-13-14-15-18(22)20(25,16-19(23)24)17-21(2,3)4/h14-15,25H,5-13,16-17H2,1-4H3. The van der Waals surface area contributed by atoms with Crippen LogP contribution in [0, 0.1) is 0 Å². The lowest BCUT2D eigenvalue weighted by atomic mass is 9.92. The van der Waals surface area contributed by atoms with Crippen LogP contribution in [0.5, 0.6) is 0 Å². The van der Waals surface area contributed by atoms with Crippen molar-refractivity contribution < 1.29 is 24.3 Å². The third kappa shape index (κ3) is 12.8. The minimum Gasteiger partial charge on any atom is -0.550 e. The van der Waals surface area contributed by atoms with Crippen LogP contribution in [0.25, 0.3) is 0 Å². The summed E-state index contributed by atoms with van der Waals surface area (Å²) in [5.74, 6) is -1.97. The van der Waals surface area contributed by atoms with Crippen molar-refractivity contribution in [3.8, 4) is 0 Å². The van der Waals surface area contributed by atoms with E-state index in [1.54, 1.807) is 27.2 Å². The summed E-state index contributed by atoms with van der Waals surface area (Å²) in [7, 11) is 5.41. The largest absolute Gasteiger partial charge is 0.550 e. The lowest BCUT2D eigenvalue weighted by Crippen LogP contribution is -2.55. The molecule has 0 aliphatic carbocycles. The van der Waals surface area contributed by atoms with Gasteiger partial charge < -0.3 is 19.5 Å². The number of unbranched alkanes of at least 4 members (excludes halogenated alkanes) is 8. The summed E-state index contributed by atoms with van der Waals surface area (Å²) in [4.78, 5) is 23.2. The molecule has 5 nitrogen and oxygen atoms in total. The molecule has 0 amide bonds. The Labute approximate surface area is 153 Å². The maximum absolute atomic E-state index is 12.3. The van der Waals surface area contributed by atoms with Crippen LogP contribution in [-0.2, 0) is 9.59 Å². The first-order chi connectivity index (χ1) is 11.6. The number of aliphatic carboxylic acids is 1. The Morgan fingerprint density at radius 2 is 1.52 bits per heavy atom. The number of allylic oxidation sites excluding steroid dienone is 1. The van der Waals surface area contributed by atoms with Crippen LogP contribution in [0.15, 0.2) is 12.2 Å². The van der Waals surface area contributed by atoms with Crippen LogP contribution in [0.1, 0.15) is 71.1 Å². The zero-order valence-corrected chi connectivity index (χ0v) is 16.6. The highest BCUT2D eigenvalue weighted by Crippen LogP contribution is 2.17. The summed E-state index contributed by atoms with van der Waals surface area (Å²) in [5.41, 5.74) is -1.91. The Morgan fingerprint density at radius 1 is 1.00 bits per heavy atom. The first-order valence-electron chi connectivity index (χ1n) is 9.54. The first-order valence-corrected chi connectivity index (χ1v) is 9.54. The number of aliphatic hydroxyl groups is 1. The maximum atomic E-state index is 12.3. The second kappa shape index (κ2) is 12.2. The molecule has 0 fully saturated rings. The van der Waals surface area contributed by atoms with E-state index in [2.05, 4.69) is 6.92 Å². The fourth-order valence-electron chi connectivity index (χ4n) is 2.99. The SMILES string of the molecule is CCCCCCCCCCC=CC(=O)C(O)(CC(=O)[O-])C[N+](C)(C)C. The number of carboxylic acid groups (broad SMARTS) is 1. The Balaban J connectivity index is 4.24. The number of carboxylic acids is 1. The van der Waals surface area contributed by atoms with Gasteiger partial charge in [-0.05, 0) is 18.9 Å². The topological polar surface area (TPSA) is 77.4 Å². The van der Waals surface area contributed by atoms with Crippen LogP contribution in [0.2, 0.25) is 0 Å². The fraction of sp³-hybridized carbons (Fsp3) is 0.800. The average Bonchev–Trinajstić information content (AvgIpc) is 2.46. The van der Waals surface area contributed by atoms with Gasteiger partial charge in [0.1, 0.15) is 6.54 Å². The van der Waals surface area contributed by atoms with Crippen molar-refractivity contribution in [2.45, 2.75) is 76.7 Å². The molecular formula is C20H37NO4. The van der Waals surface area contributed by atoms with Gasteiger partial charge in [0.2, 0.25) is 0 Å². The van der Waals surface area contributed by atoms with Crippen molar-refractivity contribution in [3.05, 3.63) is 12.2 Å². The Morgan fingerprint density at radius 3 is 2.00 bits per heavy atom. The Kier molecular flexibility index (Phi) is 11.6. The van der Waals surface area contributed by atoms with Crippen LogP contribution >= 0.6 is 0 Å². The number of hydrogen-bond donors (Lipinski definition) is 1. The minimum absolute atomic E-state index is 0.0297. The molecule has 146 valence electrons. The predicted octanol–water partition coefficient (Wildman–Crippen LogP) is 2.22. The number of nitrogens with zero attached hydrogens (tertiary/aromatic N) is 1. The van der Waals surface area contributed by atoms with Crippen LogP contribution in [-0.4, -0.2) is 54.6 Å². The summed E-state index contributed by atoms with van der Waals surface area (Å²) in [6, 6.07) is 0. The molecular weight excluding hydrogens is 318 g/mol. The van der Waals surface area contributed by atoms with E-state index in [1.165, 1.54) is 44.6 Å². The summed E-state index contributed by atoms with van der Waals surface area (Å²) in [6.07, 6.45) is 13.0. The van der Waals surface area contributed by atoms with Gasteiger partial charge in [-0.1, -0.05) is 57.9 Å². The summed E-state index contributed by atoms with van der Waals surface area (Å²) in [6.45, 7) is 2.24. The number of rotatable bonds is 15. The van der Waals surface area contributed by atoms with Gasteiger partial charge in [-0.3, -0.25) is 4.79 Å². The monoisotopic (exact) mass is 355 g/mol. The van der Waals surface area contributed by atoms with E-state index in [0.29, 0.717) is 4.48 Å². The number of carbonyl (C=O) groups excluding carboxylic acids is 2. The molecule has 1 unspecified atom stereocenters. The number of hydrogen-bond acceptors (Lipinski definition) is 4. The van der Waals surface area contributed by atoms with Gasteiger partial charge in [-0.2, -0.15) is 0 Å². The number of quaternary nitrogens is 1. The number of carbonyl (C=O) groups is 2. The van der Waals surface area contributed by atoms with Crippen LogP contribution in [0.4, 0.5) is 0 Å². The van der Waals surface area contributed by atoms with Gasteiger partial charge >= 0.3 is 0 Å². The molecule has 0 aliphatic rings. The van der Waals surface area contributed by atoms with Gasteiger partial charge in [-0.25, -0.2) is 0 Å². The predicted molar refractivity (Wildman–Crippen MR) is 98.8 cm³/mol. The highest BCUT2D eigenvalue weighted by molar-refractivity contribution is 5.99. The first kappa shape index (κ1) is 23.8. The molecule has 5 heteroatoms. The highest BCUT2D eigenvalue weighted by Gasteiger charge is 2.39. The number of ketones is 1. The van der Waals surface area contributed by atoms with Crippen molar-refractivity contribution >= 4 is 11.8 Å². The van der Waals surface area contributed by atoms with Crippen LogP contribution < -0.4 is 5.11 Å². The molecule has 0 saturated heterocycles. The van der Waals surface area contributed by atoms with E-state index in [0.717, 1.165) is 19.3 Å². The van der Waals surface area contributed by atoms with E-state index in [-0.39, 0.29) is 6.54 Å². The Hall–Kier alpha value is -1.20. The quantitative estimate of drug-likeness (QED) is 0.278. The van der Waals surface area contributed by atoms with Gasteiger partial charge in [0.05, 0.1) is 21.1 Å². The molecule has 25 heavy (non-hydrogen) atoms. The normalized spacial score (nSPS) is 14.6. The molecule has 0 rings (SSSR count). The molecule has 0 spiro atoms. The molecule has 0 aromatic heterocycles. The molecule has 1 atom stereocenters. The van der Waals surface area contributed by atoms with Gasteiger partial charge in [-0.15, -0.1) is 0 Å². The number of likely N-dealkylation sites (N-methyl/N-ethyl adjacent to an activating group) is 1. The molecule has 0 aromatic rings. The Bertz CT molecular complexity index is 426. The third-order valence-corrected chi connectivity index (χ3v) is 4.12. The van der Waals surface area contributed by atoms with Gasteiger partial charge in [0.15, 0.2) is 11.4 Å². The highest BCUT2D eigenvalue weighted by atomic mass is 16.4. The van der Waals surface area contributed by atoms with Crippen molar-refractivity contribution in [3.63, 3.8) is 0 Å². The van der Waals surface area contributed by atoms with Gasteiger partial charge in [0, 0.05) is 12.4 Å². The fourth-order valence-corrected chi connectivity index (χ4v) is 2.99. The second-order valence-corrected chi connectivity index (χ2v) is 8.06. The second-order valence-electron chi connectivity index (χ2n) is 8.06. The summed E-state index contributed by atoms with van der Waals surface area (Å²) >= 11 is 0.